The lowest BCUT2D eigenvalue weighted by molar-refractivity contribution is 0.999. The van der Waals surface area contributed by atoms with Crippen molar-refractivity contribution in [2.45, 2.75) is 0 Å². The van der Waals surface area contributed by atoms with Gasteiger partial charge in [0.15, 0.2) is 0 Å². The molecule has 0 atom stereocenters. The molecular formula is C9H8N3. The summed E-state index contributed by atoms with van der Waals surface area (Å²) in [4.78, 5) is 0. The Balaban J connectivity index is 2.35. The van der Waals surface area contributed by atoms with E-state index < -0.39 is 0 Å². The van der Waals surface area contributed by atoms with E-state index in [-0.39, 0.29) is 0 Å². The lowest BCUT2D eigenvalue weighted by atomic mass is 10.1. The van der Waals surface area contributed by atoms with Gasteiger partial charge in [-0.3, -0.25) is 0 Å². The maximum atomic E-state index is 5.62. The van der Waals surface area contributed by atoms with Crippen LogP contribution in [-0.4, -0.2) is 6.21 Å². The Morgan fingerprint density at radius 1 is 1.25 bits per heavy atom. The third-order valence-electron chi connectivity index (χ3n) is 1.65. The smallest absolute Gasteiger partial charge is 0.0945 e. The van der Waals surface area contributed by atoms with Gasteiger partial charge in [0.2, 0.25) is 0 Å². The highest BCUT2D eigenvalue weighted by atomic mass is 15.3. The van der Waals surface area contributed by atoms with Gasteiger partial charge in [-0.1, -0.05) is 12.1 Å². The van der Waals surface area contributed by atoms with Gasteiger partial charge in [-0.15, -0.1) is 0 Å². The van der Waals surface area contributed by atoms with Gasteiger partial charge in [0.25, 0.3) is 0 Å². The van der Waals surface area contributed by atoms with Crippen LogP contribution in [0.1, 0.15) is 5.56 Å². The molecule has 0 saturated heterocycles. The van der Waals surface area contributed by atoms with Crippen LogP contribution in [0.25, 0.3) is 5.70 Å². The SMILES string of the molecule is Nc1cccc(C2=CC=N[N]2)c1. The van der Waals surface area contributed by atoms with Crippen molar-refractivity contribution in [3.63, 3.8) is 0 Å². The molecule has 0 spiro atoms. The molecule has 1 aliphatic heterocycles. The second kappa shape index (κ2) is 2.70. The van der Waals surface area contributed by atoms with Gasteiger partial charge in [0.1, 0.15) is 0 Å². The quantitative estimate of drug-likeness (QED) is 0.614. The lowest BCUT2D eigenvalue weighted by Crippen LogP contribution is -1.93. The van der Waals surface area contributed by atoms with Crippen molar-refractivity contribution in [2.75, 3.05) is 5.73 Å². The predicted molar refractivity (Wildman–Crippen MR) is 49.5 cm³/mol. The molecule has 59 valence electrons. The predicted octanol–water partition coefficient (Wildman–Crippen LogP) is 1.21. The molecule has 0 amide bonds. The summed E-state index contributed by atoms with van der Waals surface area (Å²) in [5, 5.41) is 3.74. The van der Waals surface area contributed by atoms with E-state index >= 15 is 0 Å². The van der Waals surface area contributed by atoms with E-state index in [1.165, 1.54) is 0 Å². The van der Waals surface area contributed by atoms with E-state index in [1.807, 2.05) is 30.3 Å². The third kappa shape index (κ3) is 1.16. The maximum Gasteiger partial charge on any atom is 0.0945 e. The monoisotopic (exact) mass is 158 g/mol. The van der Waals surface area contributed by atoms with E-state index in [4.69, 9.17) is 5.73 Å². The fraction of sp³-hybridized carbons (Fsp3) is 0. The van der Waals surface area contributed by atoms with Gasteiger partial charge in [-0.25, -0.2) is 0 Å². The average molecular weight is 158 g/mol. The van der Waals surface area contributed by atoms with Crippen LogP contribution in [0.4, 0.5) is 5.69 Å². The zero-order valence-electron chi connectivity index (χ0n) is 6.44. The molecule has 1 radical (unpaired) electrons. The normalized spacial score (nSPS) is 14.2. The van der Waals surface area contributed by atoms with Crippen LogP contribution in [0.15, 0.2) is 35.4 Å². The Hall–Kier alpha value is -1.77. The van der Waals surface area contributed by atoms with Crippen molar-refractivity contribution in [3.05, 3.63) is 35.9 Å². The van der Waals surface area contributed by atoms with E-state index in [2.05, 4.69) is 10.5 Å². The molecule has 1 aromatic rings. The molecule has 0 aliphatic carbocycles. The summed E-state index contributed by atoms with van der Waals surface area (Å²) in [5.74, 6) is 0. The van der Waals surface area contributed by atoms with Gasteiger partial charge in [0, 0.05) is 11.3 Å². The van der Waals surface area contributed by atoms with E-state index in [0.717, 1.165) is 16.9 Å². The summed E-state index contributed by atoms with van der Waals surface area (Å²) in [6.45, 7) is 0. The van der Waals surface area contributed by atoms with E-state index in [9.17, 15) is 0 Å². The molecular weight excluding hydrogens is 150 g/mol. The molecule has 0 aromatic heterocycles. The van der Waals surface area contributed by atoms with Crippen LogP contribution in [0, 0.1) is 0 Å². The van der Waals surface area contributed by atoms with Gasteiger partial charge in [0.05, 0.1) is 11.9 Å². The fourth-order valence-electron chi connectivity index (χ4n) is 1.08. The molecule has 12 heavy (non-hydrogen) atoms. The molecule has 2 N–H and O–H groups in total. The number of rotatable bonds is 1. The zero-order valence-corrected chi connectivity index (χ0v) is 6.44. The lowest BCUT2D eigenvalue weighted by Gasteiger charge is -2.00. The molecule has 0 saturated carbocycles. The molecule has 3 nitrogen and oxygen atoms in total. The summed E-state index contributed by atoms with van der Waals surface area (Å²) in [5.41, 5.74) is 12.2. The van der Waals surface area contributed by atoms with E-state index in [0.29, 0.717) is 0 Å². The first-order valence-electron chi connectivity index (χ1n) is 3.66. The van der Waals surface area contributed by atoms with Crippen molar-refractivity contribution < 1.29 is 0 Å². The summed E-state index contributed by atoms with van der Waals surface area (Å²) in [7, 11) is 0. The third-order valence-corrected chi connectivity index (χ3v) is 1.65. The standard InChI is InChI=1S/C9H8N3/c10-8-3-1-2-7(6-8)9-4-5-11-12-9/h1-6H,10H2. The molecule has 0 fully saturated rings. The molecule has 0 unspecified atom stereocenters. The van der Waals surface area contributed by atoms with Crippen molar-refractivity contribution in [3.8, 4) is 0 Å². The number of anilines is 1. The van der Waals surface area contributed by atoms with Crippen LogP contribution in [-0.2, 0) is 0 Å². The first-order chi connectivity index (χ1) is 5.86. The summed E-state index contributed by atoms with van der Waals surface area (Å²) in [6.07, 6.45) is 3.52. The Labute approximate surface area is 70.6 Å². The first kappa shape index (κ1) is 6.91. The largest absolute Gasteiger partial charge is 0.399 e. The number of hydrogen-bond donors (Lipinski definition) is 1. The average Bonchev–Trinajstić information content (AvgIpc) is 2.56. The number of hydrogen-bond acceptors (Lipinski definition) is 2. The number of allylic oxidation sites excluding steroid dienone is 1. The zero-order chi connectivity index (χ0) is 8.39. The van der Waals surface area contributed by atoms with Crippen molar-refractivity contribution in [1.82, 2.24) is 5.43 Å². The topological polar surface area (TPSA) is 52.5 Å². The summed E-state index contributed by atoms with van der Waals surface area (Å²) >= 11 is 0. The van der Waals surface area contributed by atoms with Crippen LogP contribution in [0.5, 0.6) is 0 Å². The molecule has 3 heteroatoms. The van der Waals surface area contributed by atoms with Crippen molar-refractivity contribution >= 4 is 17.6 Å². The minimum absolute atomic E-state index is 0.746. The Kier molecular flexibility index (Phi) is 1.55. The number of nitrogen functional groups attached to an aromatic ring is 1. The van der Waals surface area contributed by atoms with Crippen LogP contribution in [0.2, 0.25) is 0 Å². The van der Waals surface area contributed by atoms with Gasteiger partial charge in [-0.2, -0.15) is 10.5 Å². The van der Waals surface area contributed by atoms with Crippen LogP contribution < -0.4 is 11.2 Å². The Bertz CT molecular complexity index is 353. The van der Waals surface area contributed by atoms with Crippen molar-refractivity contribution in [2.24, 2.45) is 5.10 Å². The fourth-order valence-corrected chi connectivity index (χ4v) is 1.08. The maximum absolute atomic E-state index is 5.62. The highest BCUT2D eigenvalue weighted by molar-refractivity contribution is 5.87. The van der Waals surface area contributed by atoms with Crippen molar-refractivity contribution in [1.29, 1.82) is 0 Å². The van der Waals surface area contributed by atoms with E-state index in [1.54, 1.807) is 6.21 Å². The number of nitrogens with zero attached hydrogens (tertiary/aromatic N) is 2. The molecule has 0 bridgehead atoms. The Morgan fingerprint density at radius 2 is 2.17 bits per heavy atom. The number of benzene rings is 1. The minimum atomic E-state index is 0.746. The minimum Gasteiger partial charge on any atom is -0.399 e. The molecule has 1 heterocycles. The highest BCUT2D eigenvalue weighted by Gasteiger charge is 2.04. The summed E-state index contributed by atoms with van der Waals surface area (Å²) < 4.78 is 0. The second-order valence-corrected chi connectivity index (χ2v) is 2.54. The molecule has 1 aliphatic rings. The highest BCUT2D eigenvalue weighted by Crippen LogP contribution is 2.16. The molecule has 2 rings (SSSR count). The summed E-state index contributed by atoms with van der Waals surface area (Å²) in [6, 6.07) is 7.59. The van der Waals surface area contributed by atoms with Crippen LogP contribution in [0.3, 0.4) is 0 Å². The van der Waals surface area contributed by atoms with Gasteiger partial charge in [-0.05, 0) is 18.2 Å². The first-order valence-corrected chi connectivity index (χ1v) is 3.66. The molecule has 1 aromatic carbocycles. The Morgan fingerprint density at radius 3 is 2.83 bits per heavy atom. The van der Waals surface area contributed by atoms with Crippen LogP contribution >= 0.6 is 0 Å². The second-order valence-electron chi connectivity index (χ2n) is 2.54. The number of nitrogens with two attached hydrogens (primary N) is 1. The van der Waals surface area contributed by atoms with Gasteiger partial charge >= 0.3 is 0 Å². The van der Waals surface area contributed by atoms with Gasteiger partial charge < -0.3 is 5.73 Å².